The van der Waals surface area contributed by atoms with Crippen molar-refractivity contribution in [2.24, 2.45) is 5.92 Å². The quantitative estimate of drug-likeness (QED) is 0.362. The monoisotopic (exact) mass is 354 g/mol. The van der Waals surface area contributed by atoms with Crippen LogP contribution in [0.25, 0.3) is 0 Å². The van der Waals surface area contributed by atoms with Crippen LogP contribution in [-0.2, 0) is 0 Å². The summed E-state index contributed by atoms with van der Waals surface area (Å²) in [5.41, 5.74) is 3.05. The largest absolute Gasteiger partial charge is 0.0991 e. The molecule has 0 N–H and O–H groups in total. The minimum absolute atomic E-state index is 0.00963. The number of hydrogen-bond donors (Lipinski definition) is 0. The van der Waals surface area contributed by atoms with Crippen molar-refractivity contribution in [3.8, 4) is 0 Å². The van der Waals surface area contributed by atoms with E-state index in [1.54, 1.807) is 12.2 Å². The van der Waals surface area contributed by atoms with Crippen LogP contribution in [0.2, 0.25) is 0 Å². The van der Waals surface area contributed by atoms with E-state index in [0.29, 0.717) is 0 Å². The first-order chi connectivity index (χ1) is 12.7. The SMILES string of the molecule is C=C/C=C\C(=C)C(/C(C=C)=C/C=C)/C(C=C)=C/C=C\C.CC.CC.CC. The van der Waals surface area contributed by atoms with Gasteiger partial charge in [-0.3, -0.25) is 0 Å². The molecule has 0 saturated carbocycles. The van der Waals surface area contributed by atoms with Gasteiger partial charge in [-0.15, -0.1) is 0 Å². The van der Waals surface area contributed by atoms with Gasteiger partial charge >= 0.3 is 0 Å². The Morgan fingerprint density at radius 1 is 0.692 bits per heavy atom. The van der Waals surface area contributed by atoms with Crippen molar-refractivity contribution in [1.82, 2.24) is 0 Å². The highest BCUT2D eigenvalue weighted by atomic mass is 14.2. The van der Waals surface area contributed by atoms with E-state index < -0.39 is 0 Å². The van der Waals surface area contributed by atoms with Crippen LogP contribution in [0.1, 0.15) is 48.5 Å². The second kappa shape index (κ2) is 27.5. The van der Waals surface area contributed by atoms with Gasteiger partial charge in [-0.1, -0.05) is 135 Å². The van der Waals surface area contributed by atoms with Crippen molar-refractivity contribution in [1.29, 1.82) is 0 Å². The number of allylic oxidation sites excluding steroid dienone is 13. The number of rotatable bonds is 9. The van der Waals surface area contributed by atoms with Gasteiger partial charge in [0.2, 0.25) is 0 Å². The van der Waals surface area contributed by atoms with Crippen molar-refractivity contribution >= 4 is 0 Å². The van der Waals surface area contributed by atoms with Crippen molar-refractivity contribution in [3.05, 3.63) is 110 Å². The molecule has 0 heteroatoms. The summed E-state index contributed by atoms with van der Waals surface area (Å²) in [6.45, 7) is 33.3. The maximum atomic E-state index is 4.15. The van der Waals surface area contributed by atoms with E-state index in [1.807, 2.05) is 97.1 Å². The lowest BCUT2D eigenvalue weighted by Crippen LogP contribution is -2.07. The summed E-state index contributed by atoms with van der Waals surface area (Å²) in [6.07, 6.45) is 18.9. The molecule has 0 radical (unpaired) electrons. The highest BCUT2D eigenvalue weighted by Gasteiger charge is 2.16. The molecule has 0 heterocycles. The van der Waals surface area contributed by atoms with Crippen molar-refractivity contribution in [2.75, 3.05) is 0 Å². The standard InChI is InChI=1S/C20H24.3C2H6/c1-7-12-15-17(6)20(18(10-4)14-9-3)19(11-5)16-13-8-2;3*1-2/h7-16,20H,1,3-6H2,2H3;3*1-2H3/b13-8-,15-12-,18-14+,19-16+;;;. The van der Waals surface area contributed by atoms with Crippen LogP contribution < -0.4 is 0 Å². The Morgan fingerprint density at radius 2 is 1.15 bits per heavy atom. The summed E-state index contributed by atoms with van der Waals surface area (Å²) in [6, 6.07) is 0. The van der Waals surface area contributed by atoms with E-state index in [4.69, 9.17) is 0 Å². The lowest BCUT2D eigenvalue weighted by atomic mass is 9.84. The van der Waals surface area contributed by atoms with Gasteiger partial charge in [0.25, 0.3) is 0 Å². The Kier molecular flexibility index (Phi) is 33.3. The molecule has 0 amide bonds. The summed E-state index contributed by atoms with van der Waals surface area (Å²) in [4.78, 5) is 0. The predicted octanol–water partition coefficient (Wildman–Crippen LogP) is 8.97. The van der Waals surface area contributed by atoms with E-state index in [1.165, 1.54) is 0 Å². The second-order valence-electron chi connectivity index (χ2n) is 4.11. The Labute approximate surface area is 165 Å². The predicted molar refractivity (Wildman–Crippen MR) is 128 cm³/mol. The van der Waals surface area contributed by atoms with Crippen LogP contribution in [0.4, 0.5) is 0 Å². The summed E-state index contributed by atoms with van der Waals surface area (Å²) >= 11 is 0. The van der Waals surface area contributed by atoms with E-state index >= 15 is 0 Å². The van der Waals surface area contributed by atoms with E-state index in [9.17, 15) is 0 Å². The van der Waals surface area contributed by atoms with Gasteiger partial charge in [-0.25, -0.2) is 0 Å². The molecular formula is C26H42. The number of hydrogen-bond acceptors (Lipinski definition) is 0. The minimum Gasteiger partial charge on any atom is -0.0991 e. The summed E-state index contributed by atoms with van der Waals surface area (Å²) < 4.78 is 0. The van der Waals surface area contributed by atoms with Crippen LogP contribution in [0.5, 0.6) is 0 Å². The first-order valence-electron chi connectivity index (χ1n) is 9.54. The van der Waals surface area contributed by atoms with Crippen molar-refractivity contribution in [3.63, 3.8) is 0 Å². The second-order valence-corrected chi connectivity index (χ2v) is 4.11. The summed E-state index contributed by atoms with van der Waals surface area (Å²) in [7, 11) is 0. The molecule has 0 nitrogen and oxygen atoms in total. The average Bonchev–Trinajstić information content (AvgIpc) is 2.72. The Bertz CT molecular complexity index is 490. The molecule has 1 atom stereocenters. The van der Waals surface area contributed by atoms with Crippen LogP contribution in [0.15, 0.2) is 110 Å². The first kappa shape index (κ1) is 31.4. The lowest BCUT2D eigenvalue weighted by Gasteiger charge is -2.20. The fourth-order valence-corrected chi connectivity index (χ4v) is 1.82. The normalized spacial score (nSPS) is 11.7. The Hall–Kier alpha value is -2.34. The van der Waals surface area contributed by atoms with Gasteiger partial charge in [0, 0.05) is 5.92 Å². The molecule has 0 aliphatic heterocycles. The van der Waals surface area contributed by atoms with Crippen LogP contribution in [0.3, 0.4) is 0 Å². The molecule has 26 heavy (non-hydrogen) atoms. The molecule has 0 fully saturated rings. The molecule has 0 saturated heterocycles. The van der Waals surface area contributed by atoms with Gasteiger partial charge in [0.05, 0.1) is 0 Å². The molecule has 0 rings (SSSR count). The Morgan fingerprint density at radius 3 is 1.50 bits per heavy atom. The zero-order valence-electron chi connectivity index (χ0n) is 18.4. The van der Waals surface area contributed by atoms with Gasteiger partial charge in [-0.2, -0.15) is 0 Å². The van der Waals surface area contributed by atoms with Gasteiger partial charge in [0.1, 0.15) is 0 Å². The summed E-state index contributed by atoms with van der Waals surface area (Å²) in [5.74, 6) is 0.00963. The maximum Gasteiger partial charge on any atom is 0.0333 e. The smallest absolute Gasteiger partial charge is 0.0333 e. The fraction of sp³-hybridized carbons (Fsp3) is 0.308. The summed E-state index contributed by atoms with van der Waals surface area (Å²) in [5, 5.41) is 0. The van der Waals surface area contributed by atoms with E-state index in [-0.39, 0.29) is 5.92 Å². The maximum absolute atomic E-state index is 4.15. The topological polar surface area (TPSA) is 0 Å². The zero-order chi connectivity index (χ0) is 21.4. The van der Waals surface area contributed by atoms with Gasteiger partial charge < -0.3 is 0 Å². The average molecular weight is 355 g/mol. The molecule has 0 aliphatic carbocycles. The third-order valence-corrected chi connectivity index (χ3v) is 2.75. The van der Waals surface area contributed by atoms with Crippen molar-refractivity contribution < 1.29 is 0 Å². The molecule has 1 unspecified atom stereocenters. The molecule has 0 aromatic rings. The van der Waals surface area contributed by atoms with E-state index in [0.717, 1.165) is 16.7 Å². The molecule has 0 aromatic heterocycles. The molecule has 146 valence electrons. The lowest BCUT2D eigenvalue weighted by molar-refractivity contribution is 0.911. The highest BCUT2D eigenvalue weighted by Crippen LogP contribution is 2.30. The third-order valence-electron chi connectivity index (χ3n) is 2.75. The van der Waals surface area contributed by atoms with Crippen LogP contribution in [-0.4, -0.2) is 0 Å². The Balaban J connectivity index is -0.000000362. The van der Waals surface area contributed by atoms with Gasteiger partial charge in [-0.05, 0) is 23.6 Å². The molecular weight excluding hydrogens is 312 g/mol. The molecule has 0 aromatic carbocycles. The zero-order valence-corrected chi connectivity index (χ0v) is 18.4. The highest BCUT2D eigenvalue weighted by molar-refractivity contribution is 5.46. The fourth-order valence-electron chi connectivity index (χ4n) is 1.82. The van der Waals surface area contributed by atoms with E-state index in [2.05, 4.69) is 32.9 Å². The minimum atomic E-state index is 0.00963. The third kappa shape index (κ3) is 15.2. The van der Waals surface area contributed by atoms with Gasteiger partial charge in [0.15, 0.2) is 0 Å². The molecule has 0 aliphatic rings. The molecule has 0 bridgehead atoms. The van der Waals surface area contributed by atoms with Crippen LogP contribution in [0, 0.1) is 5.92 Å². The first-order valence-corrected chi connectivity index (χ1v) is 9.54. The van der Waals surface area contributed by atoms with Crippen molar-refractivity contribution in [2.45, 2.75) is 48.5 Å². The van der Waals surface area contributed by atoms with Crippen LogP contribution >= 0.6 is 0 Å². The molecule has 0 spiro atoms.